The van der Waals surface area contributed by atoms with E-state index < -0.39 is 5.41 Å². The van der Waals surface area contributed by atoms with E-state index in [1.165, 1.54) is 11.3 Å². The van der Waals surface area contributed by atoms with Crippen molar-refractivity contribution in [1.29, 1.82) is 0 Å². The fourth-order valence-electron chi connectivity index (χ4n) is 1.31. The van der Waals surface area contributed by atoms with Gasteiger partial charge in [0, 0.05) is 13.6 Å². The summed E-state index contributed by atoms with van der Waals surface area (Å²) in [6.07, 6.45) is 0. The molecule has 0 spiro atoms. The number of thiophene rings is 1. The summed E-state index contributed by atoms with van der Waals surface area (Å²) in [6, 6.07) is 1.75. The quantitative estimate of drug-likeness (QED) is 0.820. The van der Waals surface area contributed by atoms with Gasteiger partial charge in [0.25, 0.3) is 5.91 Å². The highest BCUT2D eigenvalue weighted by Crippen LogP contribution is 2.31. The van der Waals surface area contributed by atoms with Crippen LogP contribution in [-0.2, 0) is 4.79 Å². The molecule has 0 atom stereocenters. The summed E-state index contributed by atoms with van der Waals surface area (Å²) in [6.45, 7) is 3.85. The van der Waals surface area contributed by atoms with Crippen LogP contribution < -0.4 is 10.6 Å². The molecule has 2 amide bonds. The molecule has 18 heavy (non-hydrogen) atoms. The zero-order valence-corrected chi connectivity index (χ0v) is 14.3. The van der Waals surface area contributed by atoms with Gasteiger partial charge in [-0.2, -0.15) is 0 Å². The van der Waals surface area contributed by atoms with Crippen LogP contribution in [0.4, 0.5) is 0 Å². The summed E-state index contributed by atoms with van der Waals surface area (Å²) in [4.78, 5) is 23.5. The Morgan fingerprint density at radius 3 is 2.44 bits per heavy atom. The van der Waals surface area contributed by atoms with Crippen LogP contribution in [0.1, 0.15) is 24.2 Å². The van der Waals surface area contributed by atoms with E-state index in [2.05, 4.69) is 42.5 Å². The minimum atomic E-state index is -0.635. The molecule has 0 radical (unpaired) electrons. The largest absolute Gasteiger partial charge is 0.359 e. The average molecular weight is 398 g/mol. The molecule has 0 aromatic carbocycles. The molecule has 0 fully saturated rings. The van der Waals surface area contributed by atoms with Crippen LogP contribution in [-0.4, -0.2) is 25.4 Å². The SMILES string of the molecule is CNC(=O)C(C)(C)CNC(=O)c1cc(Br)sc1Br. The second kappa shape index (κ2) is 6.16. The van der Waals surface area contributed by atoms with Crippen molar-refractivity contribution >= 4 is 55.0 Å². The second-order valence-corrected chi connectivity index (χ2v) is 8.13. The standard InChI is InChI=1S/C11H14Br2N2O2S/c1-11(2,10(17)14-3)5-15-9(16)6-4-7(12)18-8(6)13/h4H,5H2,1-3H3,(H,14,17)(H,15,16). The molecular weight excluding hydrogens is 384 g/mol. The van der Waals surface area contributed by atoms with Crippen molar-refractivity contribution in [3.05, 3.63) is 19.2 Å². The fourth-order valence-corrected chi connectivity index (χ4v) is 4.10. The Morgan fingerprint density at radius 1 is 1.39 bits per heavy atom. The lowest BCUT2D eigenvalue weighted by atomic mass is 9.92. The van der Waals surface area contributed by atoms with Gasteiger partial charge < -0.3 is 10.6 Å². The summed E-state index contributed by atoms with van der Waals surface area (Å²) in [5.74, 6) is -0.297. The van der Waals surface area contributed by atoms with Crippen molar-refractivity contribution in [1.82, 2.24) is 10.6 Å². The first-order valence-electron chi connectivity index (χ1n) is 5.23. The smallest absolute Gasteiger partial charge is 0.253 e. The summed E-state index contributed by atoms with van der Waals surface area (Å²) < 4.78 is 1.65. The zero-order chi connectivity index (χ0) is 13.9. The number of carbonyl (C=O) groups is 2. The molecule has 1 aromatic heterocycles. The molecule has 0 aliphatic rings. The maximum atomic E-state index is 11.9. The minimum absolute atomic E-state index is 0.103. The molecule has 1 aromatic rings. The number of halogens is 2. The maximum absolute atomic E-state index is 11.9. The molecule has 1 rings (SSSR count). The van der Waals surface area contributed by atoms with Crippen LogP contribution in [0.5, 0.6) is 0 Å². The highest BCUT2D eigenvalue weighted by atomic mass is 79.9. The van der Waals surface area contributed by atoms with E-state index in [0.717, 1.165) is 7.57 Å². The Labute approximate surface area is 127 Å². The van der Waals surface area contributed by atoms with E-state index in [-0.39, 0.29) is 18.4 Å². The number of hydrogen-bond donors (Lipinski definition) is 2. The Bertz CT molecular complexity index is 472. The fraction of sp³-hybridized carbons (Fsp3) is 0.455. The van der Waals surface area contributed by atoms with Gasteiger partial charge in [0.05, 0.1) is 18.6 Å². The lowest BCUT2D eigenvalue weighted by Gasteiger charge is -2.22. The molecular formula is C11H14Br2N2O2S. The van der Waals surface area contributed by atoms with Gasteiger partial charge >= 0.3 is 0 Å². The van der Waals surface area contributed by atoms with E-state index >= 15 is 0 Å². The van der Waals surface area contributed by atoms with Crippen molar-refractivity contribution < 1.29 is 9.59 Å². The van der Waals surface area contributed by atoms with Gasteiger partial charge in [0.2, 0.25) is 5.91 Å². The summed E-state index contributed by atoms with van der Waals surface area (Å²) in [5, 5.41) is 5.34. The predicted molar refractivity (Wildman–Crippen MR) is 79.9 cm³/mol. The number of hydrogen-bond acceptors (Lipinski definition) is 3. The topological polar surface area (TPSA) is 58.2 Å². The molecule has 0 aliphatic carbocycles. The molecule has 0 aliphatic heterocycles. The van der Waals surface area contributed by atoms with E-state index in [1.54, 1.807) is 27.0 Å². The van der Waals surface area contributed by atoms with Gasteiger partial charge in [0.1, 0.15) is 0 Å². The molecule has 1 heterocycles. The van der Waals surface area contributed by atoms with E-state index in [1.807, 2.05) is 0 Å². The van der Waals surface area contributed by atoms with Gasteiger partial charge in [-0.05, 0) is 51.8 Å². The third-order valence-electron chi connectivity index (χ3n) is 2.43. The molecule has 7 heteroatoms. The first-order valence-corrected chi connectivity index (χ1v) is 7.63. The van der Waals surface area contributed by atoms with Crippen LogP contribution in [0.2, 0.25) is 0 Å². The Kier molecular flexibility index (Phi) is 5.36. The first-order chi connectivity index (χ1) is 8.27. The molecule has 0 saturated heterocycles. The van der Waals surface area contributed by atoms with E-state index in [4.69, 9.17) is 0 Å². The third kappa shape index (κ3) is 3.80. The molecule has 4 nitrogen and oxygen atoms in total. The van der Waals surface area contributed by atoms with Crippen molar-refractivity contribution in [2.24, 2.45) is 5.41 Å². The predicted octanol–water partition coefficient (Wildman–Crippen LogP) is 2.78. The first kappa shape index (κ1) is 15.7. The molecule has 0 bridgehead atoms. The normalized spacial score (nSPS) is 11.2. The molecule has 0 saturated carbocycles. The second-order valence-electron chi connectivity index (χ2n) is 4.38. The van der Waals surface area contributed by atoms with Gasteiger partial charge in [0.15, 0.2) is 0 Å². The number of amides is 2. The number of nitrogens with one attached hydrogen (secondary N) is 2. The minimum Gasteiger partial charge on any atom is -0.359 e. The zero-order valence-electron chi connectivity index (χ0n) is 10.3. The van der Waals surface area contributed by atoms with Gasteiger partial charge in [-0.3, -0.25) is 9.59 Å². The van der Waals surface area contributed by atoms with Crippen molar-refractivity contribution in [2.45, 2.75) is 13.8 Å². The maximum Gasteiger partial charge on any atom is 0.253 e. The van der Waals surface area contributed by atoms with Crippen LogP contribution in [0.25, 0.3) is 0 Å². The highest BCUT2D eigenvalue weighted by Gasteiger charge is 2.27. The average Bonchev–Trinajstić information content (AvgIpc) is 2.64. The molecule has 0 unspecified atom stereocenters. The van der Waals surface area contributed by atoms with Crippen molar-refractivity contribution in [3.63, 3.8) is 0 Å². The number of rotatable bonds is 4. The Hall–Kier alpha value is -0.400. The Morgan fingerprint density at radius 2 is 2.00 bits per heavy atom. The number of carbonyl (C=O) groups excluding carboxylic acids is 2. The van der Waals surface area contributed by atoms with Crippen molar-refractivity contribution in [3.8, 4) is 0 Å². The molecule has 100 valence electrons. The van der Waals surface area contributed by atoms with E-state index in [0.29, 0.717) is 5.56 Å². The summed E-state index contributed by atoms with van der Waals surface area (Å²) >= 11 is 8.08. The highest BCUT2D eigenvalue weighted by molar-refractivity contribution is 9.12. The van der Waals surface area contributed by atoms with Gasteiger partial charge in [-0.25, -0.2) is 0 Å². The van der Waals surface area contributed by atoms with Gasteiger partial charge in [-0.15, -0.1) is 11.3 Å². The monoisotopic (exact) mass is 396 g/mol. The summed E-state index contributed by atoms with van der Waals surface area (Å²) in [7, 11) is 1.58. The summed E-state index contributed by atoms with van der Waals surface area (Å²) in [5.41, 5.74) is -0.0657. The van der Waals surface area contributed by atoms with Crippen LogP contribution >= 0.6 is 43.2 Å². The Balaban J connectivity index is 2.67. The van der Waals surface area contributed by atoms with Crippen molar-refractivity contribution in [2.75, 3.05) is 13.6 Å². The third-order valence-corrected chi connectivity index (χ3v) is 4.77. The van der Waals surface area contributed by atoms with Crippen LogP contribution in [0.3, 0.4) is 0 Å². The molecule has 2 N–H and O–H groups in total. The van der Waals surface area contributed by atoms with Crippen LogP contribution in [0, 0.1) is 5.41 Å². The van der Waals surface area contributed by atoms with Gasteiger partial charge in [-0.1, -0.05) is 0 Å². The lowest BCUT2D eigenvalue weighted by molar-refractivity contribution is -0.128. The van der Waals surface area contributed by atoms with E-state index in [9.17, 15) is 9.59 Å². The lowest BCUT2D eigenvalue weighted by Crippen LogP contribution is -2.43. The van der Waals surface area contributed by atoms with Crippen LogP contribution in [0.15, 0.2) is 13.6 Å².